The fourth-order valence-electron chi connectivity index (χ4n) is 3.44. The summed E-state index contributed by atoms with van der Waals surface area (Å²) in [7, 11) is 0. The van der Waals surface area contributed by atoms with Crippen LogP contribution in [0.15, 0.2) is 24.4 Å². The summed E-state index contributed by atoms with van der Waals surface area (Å²) in [5, 5.41) is 6.78. The van der Waals surface area contributed by atoms with Crippen molar-refractivity contribution >= 4 is 11.6 Å². The Balaban J connectivity index is 1.86. The van der Waals surface area contributed by atoms with Crippen molar-refractivity contribution in [2.75, 3.05) is 5.32 Å². The minimum atomic E-state index is -4.74. The van der Waals surface area contributed by atoms with E-state index in [1.807, 2.05) is 0 Å². The summed E-state index contributed by atoms with van der Waals surface area (Å²) >= 11 is 0. The van der Waals surface area contributed by atoms with Gasteiger partial charge in [0.15, 0.2) is 11.5 Å². The van der Waals surface area contributed by atoms with Gasteiger partial charge in [0.1, 0.15) is 17.2 Å². The molecule has 0 amide bonds. The van der Waals surface area contributed by atoms with Gasteiger partial charge in [0, 0.05) is 12.1 Å². The SMILES string of the molecule is NC1CCC(Nc2nc(-c3c(F)cccc3F)nc3c(C(F)(F)F)cnn23)CC1. The second kappa shape index (κ2) is 7.21. The molecule has 0 radical (unpaired) electrons. The number of hydrogen-bond acceptors (Lipinski definition) is 5. The highest BCUT2D eigenvalue weighted by Crippen LogP contribution is 2.34. The summed E-state index contributed by atoms with van der Waals surface area (Å²) in [5.74, 6) is -2.51. The summed E-state index contributed by atoms with van der Waals surface area (Å²) in [6, 6.07) is 3.09. The average molecular weight is 412 g/mol. The van der Waals surface area contributed by atoms with E-state index in [1.165, 1.54) is 0 Å². The third kappa shape index (κ3) is 3.74. The molecule has 0 bridgehead atoms. The molecule has 6 nitrogen and oxygen atoms in total. The highest BCUT2D eigenvalue weighted by atomic mass is 19.4. The van der Waals surface area contributed by atoms with Crippen LogP contribution in [0, 0.1) is 11.6 Å². The summed E-state index contributed by atoms with van der Waals surface area (Å²) in [5.41, 5.74) is 3.59. The molecule has 0 aliphatic heterocycles. The van der Waals surface area contributed by atoms with Gasteiger partial charge in [-0.2, -0.15) is 27.8 Å². The fourth-order valence-corrected chi connectivity index (χ4v) is 3.44. The van der Waals surface area contributed by atoms with E-state index >= 15 is 0 Å². The van der Waals surface area contributed by atoms with Crippen molar-refractivity contribution in [3.05, 3.63) is 41.6 Å². The quantitative estimate of drug-likeness (QED) is 0.640. The van der Waals surface area contributed by atoms with Gasteiger partial charge in [-0.25, -0.2) is 13.8 Å². The van der Waals surface area contributed by atoms with Crippen LogP contribution in [0.4, 0.5) is 27.9 Å². The number of fused-ring (bicyclic) bond motifs is 1. The Bertz CT molecular complexity index is 1020. The van der Waals surface area contributed by atoms with Crippen LogP contribution in [0.2, 0.25) is 0 Å². The van der Waals surface area contributed by atoms with Gasteiger partial charge in [-0.15, -0.1) is 0 Å². The molecule has 3 aromatic rings. The van der Waals surface area contributed by atoms with E-state index in [0.29, 0.717) is 19.0 Å². The van der Waals surface area contributed by atoms with Gasteiger partial charge in [-0.05, 0) is 37.8 Å². The maximum atomic E-state index is 14.2. The molecule has 154 valence electrons. The van der Waals surface area contributed by atoms with Crippen LogP contribution >= 0.6 is 0 Å². The number of aromatic nitrogens is 4. The summed E-state index contributed by atoms with van der Waals surface area (Å²) in [4.78, 5) is 7.89. The largest absolute Gasteiger partial charge is 0.421 e. The number of benzene rings is 1. The van der Waals surface area contributed by atoms with Crippen molar-refractivity contribution < 1.29 is 22.0 Å². The lowest BCUT2D eigenvalue weighted by atomic mass is 9.92. The Morgan fingerprint density at radius 2 is 1.69 bits per heavy atom. The topological polar surface area (TPSA) is 81.1 Å². The first-order valence-electron chi connectivity index (χ1n) is 9.03. The summed E-state index contributed by atoms with van der Waals surface area (Å²) < 4.78 is 69.5. The fraction of sp³-hybridized carbons (Fsp3) is 0.389. The Morgan fingerprint density at radius 3 is 2.31 bits per heavy atom. The number of rotatable bonds is 3. The zero-order valence-corrected chi connectivity index (χ0v) is 15.0. The molecular weight excluding hydrogens is 395 g/mol. The van der Waals surface area contributed by atoms with E-state index in [0.717, 1.165) is 35.6 Å². The molecule has 1 saturated carbocycles. The number of alkyl halides is 3. The van der Waals surface area contributed by atoms with Gasteiger partial charge >= 0.3 is 6.18 Å². The third-order valence-electron chi connectivity index (χ3n) is 4.96. The van der Waals surface area contributed by atoms with E-state index < -0.39 is 40.4 Å². The number of nitrogens with one attached hydrogen (secondary N) is 1. The van der Waals surface area contributed by atoms with Crippen molar-refractivity contribution in [2.45, 2.75) is 43.9 Å². The number of halogens is 5. The molecule has 1 aliphatic rings. The second-order valence-corrected chi connectivity index (χ2v) is 7.01. The van der Waals surface area contributed by atoms with Crippen LogP contribution in [-0.2, 0) is 6.18 Å². The Kier molecular flexibility index (Phi) is 4.85. The molecule has 0 atom stereocenters. The number of hydrogen-bond donors (Lipinski definition) is 2. The van der Waals surface area contributed by atoms with Crippen LogP contribution in [0.25, 0.3) is 17.0 Å². The lowest BCUT2D eigenvalue weighted by Gasteiger charge is -2.27. The predicted molar refractivity (Wildman–Crippen MR) is 95.0 cm³/mol. The zero-order valence-electron chi connectivity index (χ0n) is 15.0. The minimum absolute atomic E-state index is 0.0661. The van der Waals surface area contributed by atoms with Crippen LogP contribution in [0.3, 0.4) is 0 Å². The van der Waals surface area contributed by atoms with Crippen molar-refractivity contribution in [1.82, 2.24) is 19.6 Å². The number of nitrogens with two attached hydrogens (primary N) is 1. The Hall–Kier alpha value is -2.82. The average Bonchev–Trinajstić information content (AvgIpc) is 3.08. The standard InChI is InChI=1S/C18H17F5N6/c19-12-2-1-3-13(20)14(12)15-27-16-11(18(21,22)23)8-25-29(16)17(28-15)26-10-6-4-9(24)5-7-10/h1-3,8-10H,4-7,24H2,(H,26,27,28). The van der Waals surface area contributed by atoms with E-state index in [-0.39, 0.29) is 18.0 Å². The van der Waals surface area contributed by atoms with Gasteiger partial charge in [0.05, 0.1) is 11.8 Å². The molecule has 0 saturated heterocycles. The van der Waals surface area contributed by atoms with E-state index in [9.17, 15) is 22.0 Å². The molecule has 0 unspecified atom stereocenters. The number of anilines is 1. The second-order valence-electron chi connectivity index (χ2n) is 7.01. The number of nitrogens with zero attached hydrogens (tertiary/aromatic N) is 4. The van der Waals surface area contributed by atoms with Gasteiger partial charge in [0.25, 0.3) is 0 Å². The molecule has 2 heterocycles. The van der Waals surface area contributed by atoms with Crippen molar-refractivity contribution in [3.63, 3.8) is 0 Å². The third-order valence-corrected chi connectivity index (χ3v) is 4.96. The summed E-state index contributed by atoms with van der Waals surface area (Å²) in [6.07, 6.45) is -1.27. The van der Waals surface area contributed by atoms with Crippen LogP contribution in [0.5, 0.6) is 0 Å². The zero-order chi connectivity index (χ0) is 20.8. The van der Waals surface area contributed by atoms with E-state index in [2.05, 4.69) is 20.4 Å². The van der Waals surface area contributed by atoms with Crippen molar-refractivity contribution in [2.24, 2.45) is 5.73 Å². The normalized spacial score (nSPS) is 20.2. The first-order chi connectivity index (χ1) is 13.7. The van der Waals surface area contributed by atoms with E-state index in [1.54, 1.807) is 0 Å². The molecule has 1 fully saturated rings. The highest BCUT2D eigenvalue weighted by molar-refractivity contribution is 5.63. The van der Waals surface area contributed by atoms with Crippen molar-refractivity contribution in [3.8, 4) is 11.4 Å². The first-order valence-corrected chi connectivity index (χ1v) is 9.03. The van der Waals surface area contributed by atoms with Crippen molar-refractivity contribution in [1.29, 1.82) is 0 Å². The van der Waals surface area contributed by atoms with Crippen LogP contribution in [-0.4, -0.2) is 31.7 Å². The summed E-state index contributed by atoms with van der Waals surface area (Å²) in [6.45, 7) is 0. The molecule has 1 aliphatic carbocycles. The van der Waals surface area contributed by atoms with Gasteiger partial charge in [-0.3, -0.25) is 0 Å². The molecule has 0 spiro atoms. The maximum absolute atomic E-state index is 14.2. The predicted octanol–water partition coefficient (Wildman–Crippen LogP) is 3.77. The van der Waals surface area contributed by atoms with E-state index in [4.69, 9.17) is 5.73 Å². The van der Waals surface area contributed by atoms with Gasteiger partial charge in [0.2, 0.25) is 5.95 Å². The lowest BCUT2D eigenvalue weighted by Crippen LogP contribution is -2.33. The molecule has 2 aromatic heterocycles. The monoisotopic (exact) mass is 412 g/mol. The molecule has 4 rings (SSSR count). The molecule has 11 heteroatoms. The highest BCUT2D eigenvalue weighted by Gasteiger charge is 2.36. The molecule has 3 N–H and O–H groups in total. The van der Waals surface area contributed by atoms with Crippen LogP contribution in [0.1, 0.15) is 31.2 Å². The lowest BCUT2D eigenvalue weighted by molar-refractivity contribution is -0.136. The van der Waals surface area contributed by atoms with Crippen LogP contribution < -0.4 is 11.1 Å². The Morgan fingerprint density at radius 1 is 1.03 bits per heavy atom. The van der Waals surface area contributed by atoms with Gasteiger partial charge < -0.3 is 11.1 Å². The molecular formula is C18H17F5N6. The molecule has 29 heavy (non-hydrogen) atoms. The minimum Gasteiger partial charge on any atom is -0.351 e. The first kappa shape index (κ1) is 19.5. The smallest absolute Gasteiger partial charge is 0.351 e. The molecule has 1 aromatic carbocycles. The van der Waals surface area contributed by atoms with Gasteiger partial charge in [-0.1, -0.05) is 6.07 Å². The Labute approximate surface area is 162 Å². The maximum Gasteiger partial charge on any atom is 0.421 e.